The highest BCUT2D eigenvalue weighted by Gasteiger charge is 2.25. The summed E-state index contributed by atoms with van der Waals surface area (Å²) < 4.78 is 26.5. The van der Waals surface area contributed by atoms with Gasteiger partial charge < -0.3 is 4.90 Å². The molecule has 16 heavy (non-hydrogen) atoms. The van der Waals surface area contributed by atoms with Crippen molar-refractivity contribution in [3.63, 3.8) is 0 Å². The summed E-state index contributed by atoms with van der Waals surface area (Å²) >= 11 is 1.24. The largest absolute Gasteiger partial charge is 0.302 e. The van der Waals surface area contributed by atoms with Crippen molar-refractivity contribution < 1.29 is 8.42 Å². The Morgan fingerprint density at radius 3 is 2.88 bits per heavy atom. The van der Waals surface area contributed by atoms with Gasteiger partial charge in [-0.3, -0.25) is 0 Å². The van der Waals surface area contributed by atoms with Crippen LogP contribution in [0.25, 0.3) is 0 Å². The van der Waals surface area contributed by atoms with E-state index in [0.29, 0.717) is 16.8 Å². The maximum absolute atomic E-state index is 11.7. The highest BCUT2D eigenvalue weighted by atomic mass is 32.2. The maximum atomic E-state index is 11.7. The second-order valence-electron chi connectivity index (χ2n) is 4.04. The first-order valence-corrected chi connectivity index (χ1v) is 7.69. The van der Waals surface area contributed by atoms with Crippen molar-refractivity contribution in [3.05, 3.63) is 17.5 Å². The predicted molar refractivity (Wildman–Crippen MR) is 65.2 cm³/mol. The average Bonchev–Trinajstić information content (AvgIpc) is 2.92. The number of rotatable bonds is 6. The fourth-order valence-electron chi connectivity index (χ4n) is 1.54. The fourth-order valence-corrected chi connectivity index (χ4v) is 3.60. The Morgan fingerprint density at radius 2 is 2.31 bits per heavy atom. The molecule has 0 spiro atoms. The van der Waals surface area contributed by atoms with Crippen LogP contribution in [0.3, 0.4) is 0 Å². The van der Waals surface area contributed by atoms with Crippen molar-refractivity contribution in [1.29, 1.82) is 0 Å². The first kappa shape index (κ1) is 12.0. The van der Waals surface area contributed by atoms with Gasteiger partial charge in [-0.15, -0.1) is 11.3 Å². The van der Waals surface area contributed by atoms with Gasteiger partial charge in [0.2, 0.25) is 10.0 Å². The lowest BCUT2D eigenvalue weighted by atomic mass is 10.5. The Kier molecular flexibility index (Phi) is 3.63. The molecule has 90 valence electrons. The maximum Gasteiger partial charge on any atom is 0.250 e. The molecule has 1 aromatic rings. The highest BCUT2D eigenvalue weighted by Crippen LogP contribution is 2.24. The molecule has 0 amide bonds. The molecular weight excluding hydrogens is 244 g/mol. The number of hydrogen-bond acceptors (Lipinski definition) is 4. The topological polar surface area (TPSA) is 49.4 Å². The molecule has 0 aromatic carbocycles. The van der Waals surface area contributed by atoms with E-state index in [1.807, 2.05) is 7.05 Å². The number of likely N-dealkylation sites (N-methyl/N-ethyl adjacent to an activating group) is 1. The number of hydrogen-bond donors (Lipinski definition) is 1. The average molecular weight is 260 g/mol. The van der Waals surface area contributed by atoms with Crippen molar-refractivity contribution in [2.24, 2.45) is 0 Å². The normalized spacial score (nSPS) is 16.9. The van der Waals surface area contributed by atoms with E-state index < -0.39 is 10.0 Å². The minimum atomic E-state index is -3.28. The summed E-state index contributed by atoms with van der Waals surface area (Å²) in [5, 5.41) is 1.77. The molecular formula is C10H16N2O2S2. The van der Waals surface area contributed by atoms with E-state index in [1.165, 1.54) is 24.2 Å². The van der Waals surface area contributed by atoms with E-state index in [1.54, 1.807) is 17.5 Å². The van der Waals surface area contributed by atoms with E-state index >= 15 is 0 Å². The second-order valence-corrected chi connectivity index (χ2v) is 6.98. The molecule has 0 unspecified atom stereocenters. The first-order valence-electron chi connectivity index (χ1n) is 5.33. The zero-order valence-electron chi connectivity index (χ0n) is 9.22. The van der Waals surface area contributed by atoms with E-state index in [4.69, 9.17) is 0 Å². The predicted octanol–water partition coefficient (Wildman–Crippen LogP) is 1.12. The van der Waals surface area contributed by atoms with Crippen LogP contribution in [0.4, 0.5) is 0 Å². The Balaban J connectivity index is 1.81. The Morgan fingerprint density at radius 1 is 1.56 bits per heavy atom. The van der Waals surface area contributed by atoms with E-state index in [9.17, 15) is 8.42 Å². The monoisotopic (exact) mass is 260 g/mol. The van der Waals surface area contributed by atoms with Crippen molar-refractivity contribution in [2.75, 3.05) is 20.1 Å². The van der Waals surface area contributed by atoms with Crippen LogP contribution in [0.5, 0.6) is 0 Å². The summed E-state index contributed by atoms with van der Waals surface area (Å²) in [5.41, 5.74) is 0. The number of nitrogens with one attached hydrogen (secondary N) is 1. The molecule has 0 aliphatic heterocycles. The summed E-state index contributed by atoms with van der Waals surface area (Å²) in [6.07, 6.45) is 2.49. The van der Waals surface area contributed by atoms with Gasteiger partial charge >= 0.3 is 0 Å². The van der Waals surface area contributed by atoms with E-state index in [-0.39, 0.29) is 0 Å². The van der Waals surface area contributed by atoms with Crippen molar-refractivity contribution >= 4 is 21.4 Å². The van der Waals surface area contributed by atoms with Crippen LogP contribution in [-0.2, 0) is 10.0 Å². The molecule has 1 heterocycles. The van der Waals surface area contributed by atoms with Gasteiger partial charge in [0.15, 0.2) is 0 Å². The van der Waals surface area contributed by atoms with Crippen LogP contribution in [0.1, 0.15) is 12.8 Å². The molecule has 2 rings (SSSR count). The summed E-state index contributed by atoms with van der Waals surface area (Å²) in [4.78, 5) is 2.21. The second kappa shape index (κ2) is 4.83. The third kappa shape index (κ3) is 3.04. The SMILES string of the molecule is CN(CCNS(=O)(=O)c1cccs1)C1CC1. The Bertz CT molecular complexity index is 424. The zero-order chi connectivity index (χ0) is 11.6. The lowest BCUT2D eigenvalue weighted by Crippen LogP contribution is -2.33. The lowest BCUT2D eigenvalue weighted by molar-refractivity contribution is 0.329. The molecule has 0 saturated heterocycles. The van der Waals surface area contributed by atoms with Gasteiger partial charge in [-0.2, -0.15) is 0 Å². The van der Waals surface area contributed by atoms with Crippen LogP contribution in [-0.4, -0.2) is 39.5 Å². The first-order chi connectivity index (χ1) is 7.59. The smallest absolute Gasteiger partial charge is 0.250 e. The van der Waals surface area contributed by atoms with Gasteiger partial charge in [0.25, 0.3) is 0 Å². The minimum absolute atomic E-state index is 0.390. The molecule has 0 radical (unpaired) electrons. The Labute approximate surface area is 100 Å². The molecule has 1 saturated carbocycles. The summed E-state index contributed by atoms with van der Waals surface area (Å²) in [5.74, 6) is 0. The van der Waals surface area contributed by atoms with Crippen LogP contribution >= 0.6 is 11.3 Å². The minimum Gasteiger partial charge on any atom is -0.302 e. The molecule has 1 aliphatic carbocycles. The van der Waals surface area contributed by atoms with Gasteiger partial charge in [-0.05, 0) is 31.3 Å². The molecule has 6 heteroatoms. The fraction of sp³-hybridized carbons (Fsp3) is 0.600. The molecule has 1 N–H and O–H groups in total. The van der Waals surface area contributed by atoms with Crippen molar-refractivity contribution in [2.45, 2.75) is 23.1 Å². The highest BCUT2D eigenvalue weighted by molar-refractivity contribution is 7.91. The van der Waals surface area contributed by atoms with Gasteiger partial charge in [0, 0.05) is 19.1 Å². The third-order valence-electron chi connectivity index (χ3n) is 2.69. The summed E-state index contributed by atoms with van der Waals surface area (Å²) in [6.45, 7) is 1.25. The molecule has 0 bridgehead atoms. The number of nitrogens with zero attached hydrogens (tertiary/aromatic N) is 1. The molecule has 1 fully saturated rings. The van der Waals surface area contributed by atoms with E-state index in [2.05, 4.69) is 9.62 Å². The third-order valence-corrected chi connectivity index (χ3v) is 5.55. The quantitative estimate of drug-likeness (QED) is 0.834. The van der Waals surface area contributed by atoms with Gasteiger partial charge in [-0.1, -0.05) is 6.07 Å². The number of thiophene rings is 1. The van der Waals surface area contributed by atoms with Crippen molar-refractivity contribution in [3.8, 4) is 0 Å². The van der Waals surface area contributed by atoms with Crippen LogP contribution in [0.15, 0.2) is 21.7 Å². The zero-order valence-corrected chi connectivity index (χ0v) is 10.9. The van der Waals surface area contributed by atoms with Gasteiger partial charge in [0.05, 0.1) is 0 Å². The standard InChI is InChI=1S/C10H16N2O2S2/c1-12(9-4-5-9)7-6-11-16(13,14)10-3-2-8-15-10/h2-3,8-9,11H,4-7H2,1H3. The molecule has 1 aliphatic rings. The summed E-state index contributed by atoms with van der Waals surface area (Å²) in [7, 11) is -1.24. The van der Waals surface area contributed by atoms with Crippen LogP contribution < -0.4 is 4.72 Å². The molecule has 4 nitrogen and oxygen atoms in total. The van der Waals surface area contributed by atoms with Gasteiger partial charge in [-0.25, -0.2) is 13.1 Å². The van der Waals surface area contributed by atoms with Crippen molar-refractivity contribution in [1.82, 2.24) is 9.62 Å². The Hall–Kier alpha value is -0.430. The van der Waals surface area contributed by atoms with Gasteiger partial charge in [0.1, 0.15) is 4.21 Å². The summed E-state index contributed by atoms with van der Waals surface area (Å²) in [6, 6.07) is 4.04. The van der Waals surface area contributed by atoms with E-state index in [0.717, 1.165) is 6.54 Å². The molecule has 1 aromatic heterocycles. The lowest BCUT2D eigenvalue weighted by Gasteiger charge is -2.15. The van der Waals surface area contributed by atoms with Crippen LogP contribution in [0, 0.1) is 0 Å². The van der Waals surface area contributed by atoms with Crippen LogP contribution in [0.2, 0.25) is 0 Å². The molecule has 0 atom stereocenters. The number of sulfonamides is 1.